The van der Waals surface area contributed by atoms with E-state index in [0.29, 0.717) is 6.42 Å². The van der Waals surface area contributed by atoms with E-state index in [4.69, 9.17) is 0 Å². The molecule has 1 amide bonds. The number of carbonyl (C=O) groups excluding carboxylic acids is 1. The Hall–Kier alpha value is -2.66. The van der Waals surface area contributed by atoms with E-state index in [1.807, 2.05) is 48.1 Å². The fraction of sp³-hybridized carbons (Fsp3) is 0.200. The van der Waals surface area contributed by atoms with Crippen molar-refractivity contribution < 1.29 is 4.79 Å². The van der Waals surface area contributed by atoms with Gasteiger partial charge in [0.1, 0.15) is 0 Å². The maximum absolute atomic E-state index is 12.3. The number of carbonyl (C=O) groups is 1. The van der Waals surface area contributed by atoms with Gasteiger partial charge in [-0.1, -0.05) is 41.7 Å². The quantitative estimate of drug-likeness (QED) is 0.590. The third-order valence-electron chi connectivity index (χ3n) is 4.45. The second-order valence-corrected chi connectivity index (χ2v) is 7.14. The average molecular weight is 349 g/mol. The lowest BCUT2D eigenvalue weighted by atomic mass is 10.1. The number of hydrogen-bond donors (Lipinski definition) is 1. The van der Waals surface area contributed by atoms with Crippen LogP contribution in [0.3, 0.4) is 0 Å². The Bertz CT molecular complexity index is 1120. The van der Waals surface area contributed by atoms with Crippen molar-refractivity contribution >= 4 is 38.4 Å². The summed E-state index contributed by atoms with van der Waals surface area (Å²) in [4.78, 5) is 20.6. The van der Waals surface area contributed by atoms with Gasteiger partial charge in [-0.15, -0.1) is 0 Å². The van der Waals surface area contributed by atoms with Gasteiger partial charge in [-0.25, -0.2) is 0 Å². The van der Waals surface area contributed by atoms with Gasteiger partial charge in [-0.3, -0.25) is 4.79 Å². The van der Waals surface area contributed by atoms with Gasteiger partial charge in [0.25, 0.3) is 0 Å². The molecule has 4 aromatic rings. The minimum atomic E-state index is -0.0537. The molecule has 0 atom stereocenters. The summed E-state index contributed by atoms with van der Waals surface area (Å²) in [6.07, 6.45) is 4.19. The number of amides is 1. The number of fused-ring (bicyclic) bond motifs is 2. The summed E-state index contributed by atoms with van der Waals surface area (Å²) in [7, 11) is 1.96. The van der Waals surface area contributed by atoms with Crippen LogP contribution in [0.4, 0.5) is 0 Å². The Morgan fingerprint density at radius 1 is 1.16 bits per heavy atom. The topological polar surface area (TPSA) is 50.1 Å². The Morgan fingerprint density at radius 3 is 2.84 bits per heavy atom. The van der Waals surface area contributed by atoms with Crippen LogP contribution >= 0.6 is 11.3 Å². The van der Waals surface area contributed by atoms with Gasteiger partial charge in [-0.2, -0.15) is 4.99 Å². The molecule has 2 aromatic heterocycles. The molecule has 0 aliphatic rings. The van der Waals surface area contributed by atoms with E-state index < -0.39 is 0 Å². The van der Waals surface area contributed by atoms with Gasteiger partial charge >= 0.3 is 0 Å². The number of benzene rings is 2. The third kappa shape index (κ3) is 3.15. The lowest BCUT2D eigenvalue weighted by Gasteiger charge is -1.98. The van der Waals surface area contributed by atoms with Crippen molar-refractivity contribution in [1.82, 2.24) is 9.55 Å². The molecule has 5 heteroatoms. The highest BCUT2D eigenvalue weighted by molar-refractivity contribution is 7.16. The molecule has 1 N–H and O–H groups in total. The number of aromatic amines is 1. The molecule has 0 saturated heterocycles. The SMILES string of the molecule is Cn1c(=NC(=O)CCCc2c[nH]c3ccccc23)sc2ccccc21. The summed E-state index contributed by atoms with van der Waals surface area (Å²) >= 11 is 1.56. The minimum Gasteiger partial charge on any atom is -0.361 e. The molecule has 0 aliphatic carbocycles. The van der Waals surface area contributed by atoms with E-state index in [1.54, 1.807) is 11.3 Å². The summed E-state index contributed by atoms with van der Waals surface area (Å²) in [5, 5.41) is 1.24. The second-order valence-electron chi connectivity index (χ2n) is 6.13. The van der Waals surface area contributed by atoms with Crippen molar-refractivity contribution in [2.75, 3.05) is 0 Å². The normalized spacial score (nSPS) is 12.3. The van der Waals surface area contributed by atoms with E-state index in [0.717, 1.165) is 33.4 Å². The van der Waals surface area contributed by atoms with Gasteiger partial charge in [0.05, 0.1) is 10.2 Å². The van der Waals surface area contributed by atoms with Crippen LogP contribution in [0.5, 0.6) is 0 Å². The van der Waals surface area contributed by atoms with Crippen LogP contribution in [-0.2, 0) is 18.3 Å². The molecule has 0 unspecified atom stereocenters. The Kier molecular flexibility index (Phi) is 4.24. The molecule has 2 aromatic carbocycles. The summed E-state index contributed by atoms with van der Waals surface area (Å²) < 4.78 is 3.13. The molecule has 4 nitrogen and oxygen atoms in total. The number of aromatic nitrogens is 2. The van der Waals surface area contributed by atoms with Crippen LogP contribution in [0.1, 0.15) is 18.4 Å². The number of nitrogens with zero attached hydrogens (tertiary/aromatic N) is 2. The first-order valence-corrected chi connectivity index (χ1v) is 9.21. The van der Waals surface area contributed by atoms with Crippen LogP contribution in [0.25, 0.3) is 21.1 Å². The predicted octanol–water partition coefficient (Wildman–Crippen LogP) is 4.17. The van der Waals surface area contributed by atoms with Crippen LogP contribution in [0.2, 0.25) is 0 Å². The molecular weight excluding hydrogens is 330 g/mol. The van der Waals surface area contributed by atoms with Crippen LogP contribution in [0.15, 0.2) is 59.7 Å². The van der Waals surface area contributed by atoms with E-state index in [-0.39, 0.29) is 5.91 Å². The van der Waals surface area contributed by atoms with E-state index in [2.05, 4.69) is 28.2 Å². The van der Waals surface area contributed by atoms with Gasteiger partial charge in [-0.05, 0) is 36.6 Å². The van der Waals surface area contributed by atoms with Gasteiger partial charge in [0.2, 0.25) is 5.91 Å². The zero-order valence-corrected chi connectivity index (χ0v) is 14.8. The molecule has 0 aliphatic heterocycles. The number of hydrogen-bond acceptors (Lipinski definition) is 2. The van der Waals surface area contributed by atoms with Crippen LogP contribution in [-0.4, -0.2) is 15.5 Å². The monoisotopic (exact) mass is 349 g/mol. The zero-order valence-electron chi connectivity index (χ0n) is 14.0. The average Bonchev–Trinajstić information content (AvgIpc) is 3.17. The Balaban J connectivity index is 1.46. The lowest BCUT2D eigenvalue weighted by molar-refractivity contribution is -0.118. The lowest BCUT2D eigenvalue weighted by Crippen LogP contribution is -2.13. The molecule has 0 saturated carbocycles. The number of nitrogens with one attached hydrogen (secondary N) is 1. The van der Waals surface area contributed by atoms with E-state index >= 15 is 0 Å². The van der Waals surface area contributed by atoms with Crippen LogP contribution in [0, 0.1) is 0 Å². The molecule has 0 spiro atoms. The maximum atomic E-state index is 12.3. The predicted molar refractivity (Wildman–Crippen MR) is 103 cm³/mol. The van der Waals surface area contributed by atoms with E-state index in [9.17, 15) is 4.79 Å². The summed E-state index contributed by atoms with van der Waals surface area (Å²) in [6.45, 7) is 0. The summed E-state index contributed by atoms with van der Waals surface area (Å²) in [6, 6.07) is 16.4. The summed E-state index contributed by atoms with van der Waals surface area (Å²) in [5.41, 5.74) is 3.51. The first-order valence-electron chi connectivity index (χ1n) is 8.39. The molecule has 0 radical (unpaired) electrons. The maximum Gasteiger partial charge on any atom is 0.248 e. The number of H-pyrrole nitrogens is 1. The Morgan fingerprint density at radius 2 is 1.96 bits per heavy atom. The number of aryl methyl sites for hydroxylation is 2. The highest BCUT2D eigenvalue weighted by Crippen LogP contribution is 2.19. The molecule has 126 valence electrons. The fourth-order valence-electron chi connectivity index (χ4n) is 3.12. The highest BCUT2D eigenvalue weighted by atomic mass is 32.1. The molecule has 2 heterocycles. The van der Waals surface area contributed by atoms with Gasteiger partial charge in [0, 0.05) is 30.6 Å². The van der Waals surface area contributed by atoms with Crippen molar-refractivity contribution in [3.63, 3.8) is 0 Å². The largest absolute Gasteiger partial charge is 0.361 e. The molecule has 0 bridgehead atoms. The van der Waals surface area contributed by atoms with E-state index in [1.165, 1.54) is 10.9 Å². The van der Waals surface area contributed by atoms with Crippen molar-refractivity contribution in [3.8, 4) is 0 Å². The fourth-order valence-corrected chi connectivity index (χ4v) is 4.15. The second kappa shape index (κ2) is 6.69. The molecule has 25 heavy (non-hydrogen) atoms. The molecule has 4 rings (SSSR count). The van der Waals surface area contributed by atoms with Crippen molar-refractivity contribution in [1.29, 1.82) is 0 Å². The molecule has 0 fully saturated rings. The first-order chi connectivity index (χ1) is 12.2. The number of rotatable bonds is 4. The third-order valence-corrected chi connectivity index (χ3v) is 5.56. The minimum absolute atomic E-state index is 0.0537. The van der Waals surface area contributed by atoms with Crippen LogP contribution < -0.4 is 4.80 Å². The number of thiazole rings is 1. The smallest absolute Gasteiger partial charge is 0.248 e. The van der Waals surface area contributed by atoms with Crippen molar-refractivity contribution in [2.24, 2.45) is 12.0 Å². The zero-order chi connectivity index (χ0) is 17.2. The Labute approximate surface area is 149 Å². The molecular formula is C20H19N3OS. The summed E-state index contributed by atoms with van der Waals surface area (Å²) in [5.74, 6) is -0.0537. The standard InChI is InChI=1S/C20H19N3OS/c1-23-17-10-4-5-11-18(17)25-20(23)22-19(24)12-6-7-14-13-21-16-9-3-2-8-15(14)16/h2-5,8-11,13,21H,6-7,12H2,1H3. The van der Waals surface area contributed by atoms with Crippen molar-refractivity contribution in [2.45, 2.75) is 19.3 Å². The highest BCUT2D eigenvalue weighted by Gasteiger charge is 2.06. The first kappa shape index (κ1) is 15.8. The van der Waals surface area contributed by atoms with Gasteiger partial charge < -0.3 is 9.55 Å². The number of para-hydroxylation sites is 2. The van der Waals surface area contributed by atoms with Crippen molar-refractivity contribution in [3.05, 3.63) is 65.1 Å². The van der Waals surface area contributed by atoms with Gasteiger partial charge in [0.15, 0.2) is 4.80 Å².